The van der Waals surface area contributed by atoms with Crippen LogP contribution in [-0.2, 0) is 11.2 Å². The maximum atomic E-state index is 12.3. The molecular weight excluding hydrogens is 360 g/mol. The smallest absolute Gasteiger partial charge is 0.407 e. The molecule has 0 bridgehead atoms. The number of nitrogens with two attached hydrogens (primary N) is 1. The number of ether oxygens (including phenoxy) is 3. The van der Waals surface area contributed by atoms with Crippen LogP contribution in [0.4, 0.5) is 10.5 Å². The van der Waals surface area contributed by atoms with Gasteiger partial charge in [0.15, 0.2) is 6.10 Å². The van der Waals surface area contributed by atoms with Crippen molar-refractivity contribution < 1.29 is 24.1 Å². The first-order valence-corrected chi connectivity index (χ1v) is 9.14. The molecular formula is C21H26N2O5. The number of fused-ring (bicyclic) bond motifs is 1. The van der Waals surface area contributed by atoms with Crippen molar-refractivity contribution in [1.82, 2.24) is 5.32 Å². The van der Waals surface area contributed by atoms with E-state index >= 15 is 0 Å². The minimum Gasteiger partial charge on any atom is -0.495 e. The van der Waals surface area contributed by atoms with Crippen molar-refractivity contribution in [1.29, 1.82) is 0 Å². The number of aliphatic hydroxyl groups excluding tert-OH is 1. The highest BCUT2D eigenvalue weighted by molar-refractivity contribution is 5.68. The normalized spacial score (nSPS) is 19.9. The number of anilines is 1. The minimum atomic E-state index is -1.06. The molecule has 0 saturated carbocycles. The summed E-state index contributed by atoms with van der Waals surface area (Å²) < 4.78 is 16.7. The molecule has 7 heteroatoms. The molecule has 3 rings (SSSR count). The zero-order valence-electron chi connectivity index (χ0n) is 16.3. The quantitative estimate of drug-likeness (QED) is 0.683. The van der Waals surface area contributed by atoms with Crippen molar-refractivity contribution in [3.05, 3.63) is 53.6 Å². The van der Waals surface area contributed by atoms with E-state index in [2.05, 4.69) is 5.32 Å². The zero-order valence-corrected chi connectivity index (χ0v) is 16.3. The third kappa shape index (κ3) is 4.14. The molecule has 150 valence electrons. The van der Waals surface area contributed by atoms with Crippen LogP contribution in [0.2, 0.25) is 0 Å². The van der Waals surface area contributed by atoms with Crippen LogP contribution in [0.5, 0.6) is 11.5 Å². The molecule has 2 aromatic carbocycles. The predicted molar refractivity (Wildman–Crippen MR) is 105 cm³/mol. The van der Waals surface area contributed by atoms with Crippen molar-refractivity contribution in [3.8, 4) is 11.5 Å². The Morgan fingerprint density at radius 2 is 2.00 bits per heavy atom. The predicted octanol–water partition coefficient (Wildman–Crippen LogP) is 2.82. The Labute approximate surface area is 164 Å². The molecule has 7 nitrogen and oxygen atoms in total. The first kappa shape index (κ1) is 19.8. The van der Waals surface area contributed by atoms with Crippen LogP contribution in [0.3, 0.4) is 0 Å². The van der Waals surface area contributed by atoms with Crippen molar-refractivity contribution >= 4 is 11.8 Å². The van der Waals surface area contributed by atoms with Gasteiger partial charge in [-0.15, -0.1) is 0 Å². The third-order valence-electron chi connectivity index (χ3n) is 4.80. The van der Waals surface area contributed by atoms with Crippen molar-refractivity contribution in [2.24, 2.45) is 0 Å². The van der Waals surface area contributed by atoms with Gasteiger partial charge in [0.05, 0.1) is 12.8 Å². The molecule has 1 aliphatic rings. The first-order valence-electron chi connectivity index (χ1n) is 9.14. The second-order valence-electron chi connectivity index (χ2n) is 7.27. The lowest BCUT2D eigenvalue weighted by Gasteiger charge is -2.41. The first-order chi connectivity index (χ1) is 13.3. The van der Waals surface area contributed by atoms with Gasteiger partial charge < -0.3 is 30.4 Å². The minimum absolute atomic E-state index is 0.402. The van der Waals surface area contributed by atoms with Gasteiger partial charge in [0.1, 0.15) is 23.2 Å². The number of amides is 1. The fraction of sp³-hybridized carbons (Fsp3) is 0.381. The SMILES string of the molecule is COc1cc2c(cc1N)OC(C)(C)[C@H](O)[C@H]2OC(=O)NCCc1ccccc1. The maximum absolute atomic E-state index is 12.3. The summed E-state index contributed by atoms with van der Waals surface area (Å²) in [5, 5.41) is 13.5. The van der Waals surface area contributed by atoms with Crippen LogP contribution < -0.4 is 20.5 Å². The molecule has 0 fully saturated rings. The Kier molecular flexibility index (Phi) is 5.65. The number of methoxy groups -OCH3 is 1. The highest BCUT2D eigenvalue weighted by atomic mass is 16.6. The van der Waals surface area contributed by atoms with E-state index in [9.17, 15) is 9.90 Å². The van der Waals surface area contributed by atoms with Gasteiger partial charge in [0.25, 0.3) is 0 Å². The zero-order chi connectivity index (χ0) is 20.3. The van der Waals surface area contributed by atoms with E-state index in [-0.39, 0.29) is 0 Å². The molecule has 0 saturated heterocycles. The second-order valence-corrected chi connectivity index (χ2v) is 7.27. The molecule has 0 aromatic heterocycles. The number of nitrogen functional groups attached to an aromatic ring is 1. The monoisotopic (exact) mass is 386 g/mol. The second kappa shape index (κ2) is 7.98. The third-order valence-corrected chi connectivity index (χ3v) is 4.80. The average Bonchev–Trinajstić information content (AvgIpc) is 2.66. The number of aliphatic hydroxyl groups is 1. The standard InChI is InChI=1S/C21H26N2O5/c1-21(2)19(24)18(14-11-17(26-3)15(22)12-16(14)28-21)27-20(25)23-10-9-13-7-5-4-6-8-13/h4-8,11-12,18-19,24H,9-10,22H2,1-3H3,(H,23,25)/t18-,19+/m0/s1. The van der Waals surface area contributed by atoms with Crippen molar-refractivity contribution in [2.75, 3.05) is 19.4 Å². The molecule has 1 aliphatic heterocycles. The van der Waals surface area contributed by atoms with E-state index in [1.165, 1.54) is 7.11 Å². The van der Waals surface area contributed by atoms with E-state index in [4.69, 9.17) is 19.9 Å². The molecule has 0 unspecified atom stereocenters. The molecule has 4 N–H and O–H groups in total. The number of rotatable bonds is 5. The van der Waals surface area contributed by atoms with Crippen molar-refractivity contribution in [3.63, 3.8) is 0 Å². The van der Waals surface area contributed by atoms with Crippen LogP contribution in [-0.4, -0.2) is 36.6 Å². The molecule has 0 radical (unpaired) electrons. The Bertz CT molecular complexity index is 838. The van der Waals surface area contributed by atoms with Crippen LogP contribution >= 0.6 is 0 Å². The topological polar surface area (TPSA) is 103 Å². The molecule has 0 spiro atoms. The number of hydrogen-bond donors (Lipinski definition) is 3. The summed E-state index contributed by atoms with van der Waals surface area (Å²) >= 11 is 0. The lowest BCUT2D eigenvalue weighted by Crippen LogP contribution is -2.50. The van der Waals surface area contributed by atoms with Gasteiger partial charge in [-0.05, 0) is 31.9 Å². The van der Waals surface area contributed by atoms with Gasteiger partial charge in [0.2, 0.25) is 0 Å². The number of hydrogen-bond acceptors (Lipinski definition) is 6. The van der Waals surface area contributed by atoms with Crippen LogP contribution in [0.25, 0.3) is 0 Å². The summed E-state index contributed by atoms with van der Waals surface area (Å²) in [6.07, 6.45) is -1.91. The largest absolute Gasteiger partial charge is 0.495 e. The molecule has 0 aliphatic carbocycles. The molecule has 1 amide bonds. The van der Waals surface area contributed by atoms with Crippen LogP contribution in [0.1, 0.15) is 31.1 Å². The van der Waals surface area contributed by atoms with E-state index in [0.717, 1.165) is 5.56 Å². The summed E-state index contributed by atoms with van der Waals surface area (Å²) in [6.45, 7) is 3.87. The summed E-state index contributed by atoms with van der Waals surface area (Å²) in [5.74, 6) is 0.878. The number of carbonyl (C=O) groups excluding carboxylic acids is 1. The maximum Gasteiger partial charge on any atom is 0.407 e. The van der Waals surface area contributed by atoms with Gasteiger partial charge in [-0.25, -0.2) is 4.79 Å². The lowest BCUT2D eigenvalue weighted by atomic mass is 9.88. The average molecular weight is 386 g/mol. The lowest BCUT2D eigenvalue weighted by molar-refractivity contribution is -0.113. The van der Waals surface area contributed by atoms with Gasteiger partial charge >= 0.3 is 6.09 Å². The molecule has 2 aromatic rings. The Hall–Kier alpha value is -2.93. The molecule has 28 heavy (non-hydrogen) atoms. The highest BCUT2D eigenvalue weighted by Crippen LogP contribution is 2.45. The van der Waals surface area contributed by atoms with Gasteiger partial charge in [0, 0.05) is 18.2 Å². The Balaban J connectivity index is 1.73. The molecule has 1 heterocycles. The van der Waals surface area contributed by atoms with E-state index in [0.29, 0.717) is 35.7 Å². The van der Waals surface area contributed by atoms with Crippen LogP contribution in [0, 0.1) is 0 Å². The summed E-state index contributed by atoms with van der Waals surface area (Å²) in [5.41, 5.74) is 7.03. The van der Waals surface area contributed by atoms with Gasteiger partial charge in [-0.3, -0.25) is 0 Å². The summed E-state index contributed by atoms with van der Waals surface area (Å²) in [6, 6.07) is 13.1. The number of carbonyl (C=O) groups is 1. The highest BCUT2D eigenvalue weighted by Gasteiger charge is 2.45. The molecule has 2 atom stereocenters. The fourth-order valence-corrected chi connectivity index (χ4v) is 3.20. The van der Waals surface area contributed by atoms with E-state index in [1.807, 2.05) is 30.3 Å². The number of nitrogens with one attached hydrogen (secondary N) is 1. The van der Waals surface area contributed by atoms with Gasteiger partial charge in [-0.1, -0.05) is 30.3 Å². The van der Waals surface area contributed by atoms with Crippen LogP contribution in [0.15, 0.2) is 42.5 Å². The summed E-state index contributed by atoms with van der Waals surface area (Å²) in [4.78, 5) is 12.3. The number of benzene rings is 2. The van der Waals surface area contributed by atoms with Gasteiger partial charge in [-0.2, -0.15) is 0 Å². The summed E-state index contributed by atoms with van der Waals surface area (Å²) in [7, 11) is 1.49. The Morgan fingerprint density at radius 3 is 2.68 bits per heavy atom. The Morgan fingerprint density at radius 1 is 1.29 bits per heavy atom. The van der Waals surface area contributed by atoms with Crippen molar-refractivity contribution in [2.45, 2.75) is 38.1 Å². The van der Waals surface area contributed by atoms with E-state index < -0.39 is 23.9 Å². The number of alkyl carbamates (subject to hydrolysis) is 1. The fourth-order valence-electron chi connectivity index (χ4n) is 3.20. The van der Waals surface area contributed by atoms with E-state index in [1.54, 1.807) is 26.0 Å².